The number of amides is 1. The van der Waals surface area contributed by atoms with Gasteiger partial charge in [0.15, 0.2) is 0 Å². The predicted octanol–water partition coefficient (Wildman–Crippen LogP) is 0.658. The first kappa shape index (κ1) is 13.7. The summed E-state index contributed by atoms with van der Waals surface area (Å²) in [5.41, 5.74) is 5.53. The summed E-state index contributed by atoms with van der Waals surface area (Å²) in [6.45, 7) is 0.912. The fourth-order valence-corrected chi connectivity index (χ4v) is 2.00. The van der Waals surface area contributed by atoms with Gasteiger partial charge >= 0.3 is 0 Å². The van der Waals surface area contributed by atoms with Crippen LogP contribution in [0.15, 0.2) is 18.2 Å². The molecule has 7 heteroatoms. The molecule has 1 fully saturated rings. The molecule has 0 radical (unpaired) electrons. The van der Waals surface area contributed by atoms with E-state index in [1.165, 1.54) is 11.0 Å². The van der Waals surface area contributed by atoms with Crippen LogP contribution < -0.4 is 5.73 Å². The number of phenols is 1. The third-order valence-electron chi connectivity index (χ3n) is 2.86. The highest BCUT2D eigenvalue weighted by Crippen LogP contribution is 2.21. The number of phenolic OH excluding ortho intramolecular Hbond substituents is 1. The van der Waals surface area contributed by atoms with Crippen LogP contribution in [0.5, 0.6) is 5.75 Å². The van der Waals surface area contributed by atoms with Crippen molar-refractivity contribution >= 4 is 23.1 Å². The minimum absolute atomic E-state index is 0.0463. The molecule has 1 amide bonds. The molecule has 0 saturated carbocycles. The van der Waals surface area contributed by atoms with Gasteiger partial charge < -0.3 is 20.5 Å². The number of benzene rings is 1. The van der Waals surface area contributed by atoms with E-state index in [4.69, 9.17) is 22.7 Å². The fourth-order valence-electron chi connectivity index (χ4n) is 1.86. The van der Waals surface area contributed by atoms with Crippen LogP contribution in [0.1, 0.15) is 10.4 Å². The van der Waals surface area contributed by atoms with Gasteiger partial charge in [-0.2, -0.15) is 0 Å². The maximum Gasteiger partial charge on any atom is 0.257 e. The molecule has 5 nitrogen and oxygen atoms in total. The van der Waals surface area contributed by atoms with Crippen molar-refractivity contribution in [2.75, 3.05) is 19.7 Å². The number of nitrogens with zero attached hydrogens (tertiary/aromatic N) is 1. The van der Waals surface area contributed by atoms with Crippen LogP contribution in [0.25, 0.3) is 0 Å². The summed E-state index contributed by atoms with van der Waals surface area (Å²) in [6, 6.07) is 3.27. The zero-order valence-electron chi connectivity index (χ0n) is 10.0. The highest BCUT2D eigenvalue weighted by molar-refractivity contribution is 7.80. The van der Waals surface area contributed by atoms with Crippen molar-refractivity contribution in [1.29, 1.82) is 0 Å². The molecule has 3 N–H and O–H groups in total. The van der Waals surface area contributed by atoms with E-state index in [2.05, 4.69) is 0 Å². The average molecular weight is 284 g/mol. The minimum atomic E-state index is -0.600. The second kappa shape index (κ2) is 5.50. The van der Waals surface area contributed by atoms with Gasteiger partial charge in [0.1, 0.15) is 22.7 Å². The first-order chi connectivity index (χ1) is 8.99. The topological polar surface area (TPSA) is 75.8 Å². The number of aromatic hydroxyl groups is 1. The number of hydrogen-bond donors (Lipinski definition) is 2. The van der Waals surface area contributed by atoms with Crippen LogP contribution in [0.2, 0.25) is 0 Å². The lowest BCUT2D eigenvalue weighted by atomic mass is 10.1. The van der Waals surface area contributed by atoms with Gasteiger partial charge in [0.05, 0.1) is 18.7 Å². The minimum Gasteiger partial charge on any atom is -0.507 e. The molecular weight excluding hydrogens is 271 g/mol. The number of nitrogens with two attached hydrogens (primary N) is 1. The summed E-state index contributed by atoms with van der Waals surface area (Å²) in [5, 5.41) is 9.60. The van der Waals surface area contributed by atoms with E-state index < -0.39 is 17.8 Å². The zero-order valence-corrected chi connectivity index (χ0v) is 10.8. The second-order valence-electron chi connectivity index (χ2n) is 4.17. The molecule has 19 heavy (non-hydrogen) atoms. The predicted molar refractivity (Wildman–Crippen MR) is 70.5 cm³/mol. The van der Waals surface area contributed by atoms with Gasteiger partial charge in [-0.3, -0.25) is 4.79 Å². The number of morpholine rings is 1. The summed E-state index contributed by atoms with van der Waals surface area (Å²) in [7, 11) is 0. The number of carbonyl (C=O) groups excluding carboxylic acids is 1. The third kappa shape index (κ3) is 2.99. The van der Waals surface area contributed by atoms with Crippen molar-refractivity contribution in [3.63, 3.8) is 0 Å². The van der Waals surface area contributed by atoms with Gasteiger partial charge in [0.2, 0.25) is 0 Å². The molecule has 1 heterocycles. The van der Waals surface area contributed by atoms with Crippen molar-refractivity contribution in [3.8, 4) is 5.75 Å². The lowest BCUT2D eigenvalue weighted by Gasteiger charge is -2.32. The van der Waals surface area contributed by atoms with E-state index in [-0.39, 0.29) is 22.8 Å². The standard InChI is InChI=1S/C12H13FN2O3S/c13-7-1-2-8(9(16)5-7)12(17)15-3-4-18-10(6-15)11(14)19/h1-2,5,10,16H,3-4,6H2,(H2,14,19). The van der Waals surface area contributed by atoms with Gasteiger partial charge in [0.25, 0.3) is 5.91 Å². The molecule has 1 saturated heterocycles. The first-order valence-corrected chi connectivity index (χ1v) is 6.08. The molecule has 0 bridgehead atoms. The molecule has 102 valence electrons. The molecule has 1 aromatic carbocycles. The fraction of sp³-hybridized carbons (Fsp3) is 0.333. The van der Waals surface area contributed by atoms with Crippen molar-refractivity contribution in [1.82, 2.24) is 4.90 Å². The molecule has 1 aliphatic rings. The quantitative estimate of drug-likeness (QED) is 0.780. The summed E-state index contributed by atoms with van der Waals surface area (Å²) >= 11 is 4.83. The molecule has 0 spiro atoms. The van der Waals surface area contributed by atoms with Crippen molar-refractivity contribution in [2.45, 2.75) is 6.10 Å². The largest absolute Gasteiger partial charge is 0.507 e. The van der Waals surface area contributed by atoms with Gasteiger partial charge in [-0.05, 0) is 12.1 Å². The van der Waals surface area contributed by atoms with Gasteiger partial charge in [-0.1, -0.05) is 12.2 Å². The Morgan fingerprint density at radius 1 is 1.58 bits per heavy atom. The molecule has 0 aliphatic carbocycles. The second-order valence-corrected chi connectivity index (χ2v) is 4.65. The summed E-state index contributed by atoms with van der Waals surface area (Å²) in [6.07, 6.45) is -0.490. The van der Waals surface area contributed by atoms with Crippen molar-refractivity contribution < 1.29 is 19.0 Å². The number of halogens is 1. The smallest absolute Gasteiger partial charge is 0.257 e. The highest BCUT2D eigenvalue weighted by atomic mass is 32.1. The Kier molecular flexibility index (Phi) is 3.96. The Hall–Kier alpha value is -1.73. The lowest BCUT2D eigenvalue weighted by molar-refractivity contribution is 0.00865. The van der Waals surface area contributed by atoms with Crippen molar-refractivity contribution in [3.05, 3.63) is 29.6 Å². The first-order valence-electron chi connectivity index (χ1n) is 5.67. The van der Waals surface area contributed by atoms with E-state index in [1.807, 2.05) is 0 Å². The Balaban J connectivity index is 2.17. The summed E-state index contributed by atoms with van der Waals surface area (Å²) in [4.78, 5) is 13.9. The molecule has 1 aliphatic heterocycles. The van der Waals surface area contributed by atoms with Crippen LogP contribution in [-0.2, 0) is 4.74 Å². The highest BCUT2D eigenvalue weighted by Gasteiger charge is 2.27. The number of carbonyl (C=O) groups is 1. The van der Waals surface area contributed by atoms with E-state index in [0.29, 0.717) is 13.2 Å². The zero-order chi connectivity index (χ0) is 14.0. The summed E-state index contributed by atoms with van der Waals surface area (Å²) in [5.74, 6) is -1.39. The number of ether oxygens (including phenoxy) is 1. The molecule has 1 aromatic rings. The van der Waals surface area contributed by atoms with E-state index in [0.717, 1.165) is 12.1 Å². The van der Waals surface area contributed by atoms with Crippen molar-refractivity contribution in [2.24, 2.45) is 5.73 Å². The van der Waals surface area contributed by atoms with E-state index in [9.17, 15) is 14.3 Å². The third-order valence-corrected chi connectivity index (χ3v) is 3.12. The van der Waals surface area contributed by atoms with E-state index in [1.54, 1.807) is 0 Å². The Bertz CT molecular complexity index is 524. The van der Waals surface area contributed by atoms with Crippen LogP contribution in [0.4, 0.5) is 4.39 Å². The molecular formula is C12H13FN2O3S. The number of hydrogen-bond acceptors (Lipinski definition) is 4. The SMILES string of the molecule is NC(=S)C1CN(C(=O)c2ccc(F)cc2O)CCO1. The maximum absolute atomic E-state index is 12.9. The van der Waals surface area contributed by atoms with Crippen LogP contribution in [-0.4, -0.2) is 46.7 Å². The summed E-state index contributed by atoms with van der Waals surface area (Å²) < 4.78 is 18.2. The normalized spacial score (nSPS) is 19.2. The van der Waals surface area contributed by atoms with Crippen LogP contribution in [0.3, 0.4) is 0 Å². The molecule has 0 aromatic heterocycles. The number of thiocarbonyl (C=S) groups is 1. The Morgan fingerprint density at radius 2 is 2.32 bits per heavy atom. The Labute approximate surface area is 114 Å². The average Bonchev–Trinajstić information content (AvgIpc) is 2.38. The van der Waals surface area contributed by atoms with Gasteiger partial charge in [-0.25, -0.2) is 4.39 Å². The van der Waals surface area contributed by atoms with Crippen LogP contribution in [0, 0.1) is 5.82 Å². The molecule has 2 rings (SSSR count). The van der Waals surface area contributed by atoms with E-state index >= 15 is 0 Å². The van der Waals surface area contributed by atoms with Crippen LogP contribution >= 0.6 is 12.2 Å². The van der Waals surface area contributed by atoms with Gasteiger partial charge in [0, 0.05) is 12.6 Å². The monoisotopic (exact) mass is 284 g/mol. The molecule has 1 atom stereocenters. The number of rotatable bonds is 2. The Morgan fingerprint density at radius 3 is 2.95 bits per heavy atom. The molecule has 1 unspecified atom stereocenters. The lowest BCUT2D eigenvalue weighted by Crippen LogP contribution is -2.49. The maximum atomic E-state index is 12.9. The van der Waals surface area contributed by atoms with Gasteiger partial charge in [-0.15, -0.1) is 0 Å².